The highest BCUT2D eigenvalue weighted by molar-refractivity contribution is 14.0. The summed E-state index contributed by atoms with van der Waals surface area (Å²) < 4.78 is 24.2. The summed E-state index contributed by atoms with van der Waals surface area (Å²) in [6.07, 6.45) is 0.636. The first-order valence-corrected chi connectivity index (χ1v) is 10.3. The quantitative estimate of drug-likeness (QED) is 0.357. The molecule has 0 spiro atoms. The molecule has 1 heterocycles. The number of guanidine groups is 1. The highest BCUT2D eigenvalue weighted by Gasteiger charge is 2.29. The van der Waals surface area contributed by atoms with Crippen molar-refractivity contribution in [2.24, 2.45) is 4.99 Å². The molecule has 0 bridgehead atoms. The molecule has 24 heavy (non-hydrogen) atoms. The lowest BCUT2D eigenvalue weighted by Gasteiger charge is -2.28. The van der Waals surface area contributed by atoms with Crippen molar-refractivity contribution in [2.45, 2.75) is 31.7 Å². The molecule has 136 valence electrons. The van der Waals surface area contributed by atoms with Crippen LogP contribution in [-0.4, -0.2) is 45.5 Å². The third-order valence-corrected chi connectivity index (χ3v) is 6.56. The van der Waals surface area contributed by atoms with Gasteiger partial charge in [-0.1, -0.05) is 48.0 Å². The van der Waals surface area contributed by atoms with Crippen molar-refractivity contribution in [3.63, 3.8) is 0 Å². The maximum absolute atomic E-state index is 11.5. The summed E-state index contributed by atoms with van der Waals surface area (Å²) in [5.74, 6) is 1.08. The number of hydrogen-bond acceptors (Lipinski definition) is 3. The second kappa shape index (κ2) is 8.84. The van der Waals surface area contributed by atoms with Gasteiger partial charge in [0.1, 0.15) is 0 Å². The van der Waals surface area contributed by atoms with Gasteiger partial charge in [-0.05, 0) is 18.1 Å². The predicted molar refractivity (Wildman–Crippen MR) is 114 cm³/mol. The molecule has 0 saturated carbocycles. The van der Waals surface area contributed by atoms with Crippen LogP contribution in [0.25, 0.3) is 0 Å². The Kier molecular flexibility index (Phi) is 7.99. The number of rotatable bonds is 4. The summed E-state index contributed by atoms with van der Waals surface area (Å²) in [5, 5.41) is 6.52. The molecule has 2 N–H and O–H groups in total. The molecule has 0 radical (unpaired) electrons. The van der Waals surface area contributed by atoms with Gasteiger partial charge in [0.05, 0.1) is 11.5 Å². The third kappa shape index (κ3) is 5.87. The Morgan fingerprint density at radius 3 is 2.58 bits per heavy atom. The molecule has 1 fully saturated rings. The Hall–Kier alpha value is -0.350. The van der Waals surface area contributed by atoms with Crippen LogP contribution in [0.4, 0.5) is 0 Å². The van der Waals surface area contributed by atoms with Crippen molar-refractivity contribution in [3.05, 3.63) is 34.3 Å². The van der Waals surface area contributed by atoms with Crippen LogP contribution in [0.2, 0.25) is 0 Å². The molecule has 0 aromatic heterocycles. The number of nitrogens with zero attached hydrogens (tertiary/aromatic N) is 1. The van der Waals surface area contributed by atoms with Gasteiger partial charge < -0.3 is 10.6 Å². The molecule has 1 aromatic carbocycles. The van der Waals surface area contributed by atoms with Crippen LogP contribution in [0.3, 0.4) is 0 Å². The number of hydrogen-bond donors (Lipinski definition) is 2. The van der Waals surface area contributed by atoms with Gasteiger partial charge in [-0.2, -0.15) is 0 Å². The molecular formula is C16H25BrIN3O2S. The minimum atomic E-state index is -2.89. The fourth-order valence-electron chi connectivity index (χ4n) is 2.71. The van der Waals surface area contributed by atoms with Crippen molar-refractivity contribution in [1.29, 1.82) is 0 Å². The summed E-state index contributed by atoms with van der Waals surface area (Å²) in [6, 6.07) is 8.10. The normalized spacial score (nSPS) is 20.3. The van der Waals surface area contributed by atoms with Crippen LogP contribution in [0.1, 0.15) is 25.8 Å². The first-order valence-electron chi connectivity index (χ1n) is 7.66. The second-order valence-electron chi connectivity index (χ2n) is 6.53. The van der Waals surface area contributed by atoms with Gasteiger partial charge in [-0.15, -0.1) is 24.0 Å². The number of benzene rings is 1. The van der Waals surface area contributed by atoms with E-state index in [4.69, 9.17) is 0 Å². The molecular weight excluding hydrogens is 505 g/mol. The first-order chi connectivity index (χ1) is 10.7. The van der Waals surface area contributed by atoms with E-state index in [1.807, 2.05) is 18.2 Å². The van der Waals surface area contributed by atoms with Gasteiger partial charge in [0.25, 0.3) is 0 Å². The second-order valence-corrected chi connectivity index (χ2v) is 9.62. The average Bonchev–Trinajstić information content (AvgIpc) is 2.82. The van der Waals surface area contributed by atoms with E-state index in [1.165, 1.54) is 5.56 Å². The van der Waals surface area contributed by atoms with E-state index in [0.29, 0.717) is 18.9 Å². The van der Waals surface area contributed by atoms with E-state index in [2.05, 4.69) is 51.5 Å². The van der Waals surface area contributed by atoms with Crippen molar-refractivity contribution in [3.8, 4) is 0 Å². The zero-order valence-corrected chi connectivity index (χ0v) is 18.9. The van der Waals surface area contributed by atoms with Gasteiger partial charge in [0.2, 0.25) is 0 Å². The predicted octanol–water partition coefficient (Wildman–Crippen LogP) is 2.70. The Labute approximate surface area is 170 Å². The highest BCUT2D eigenvalue weighted by Crippen LogP contribution is 2.29. The summed E-state index contributed by atoms with van der Waals surface area (Å²) >= 11 is 3.60. The summed E-state index contributed by atoms with van der Waals surface area (Å²) in [4.78, 5) is 4.21. The van der Waals surface area contributed by atoms with E-state index >= 15 is 0 Å². The Bertz CT molecular complexity index is 692. The molecule has 8 heteroatoms. The maximum Gasteiger partial charge on any atom is 0.191 e. The molecule has 1 unspecified atom stereocenters. The average molecular weight is 530 g/mol. The highest BCUT2D eigenvalue weighted by atomic mass is 127. The van der Waals surface area contributed by atoms with Crippen LogP contribution in [0.15, 0.2) is 33.7 Å². The summed E-state index contributed by atoms with van der Waals surface area (Å²) in [6.45, 7) is 5.01. The first kappa shape index (κ1) is 21.7. The molecule has 0 aliphatic carbocycles. The molecule has 1 saturated heterocycles. The Morgan fingerprint density at radius 1 is 1.38 bits per heavy atom. The summed E-state index contributed by atoms with van der Waals surface area (Å²) in [7, 11) is -1.19. The van der Waals surface area contributed by atoms with Gasteiger partial charge in [0, 0.05) is 29.5 Å². The van der Waals surface area contributed by atoms with E-state index in [0.717, 1.165) is 4.47 Å². The largest absolute Gasteiger partial charge is 0.356 e. The third-order valence-electron chi connectivity index (χ3n) is 4.10. The van der Waals surface area contributed by atoms with E-state index < -0.39 is 9.84 Å². The molecule has 1 aromatic rings. The fourth-order valence-corrected chi connectivity index (χ4v) is 5.20. The van der Waals surface area contributed by atoms with Gasteiger partial charge in [0.15, 0.2) is 15.8 Å². The van der Waals surface area contributed by atoms with Crippen LogP contribution in [0, 0.1) is 0 Å². The number of halogens is 2. The zero-order valence-electron chi connectivity index (χ0n) is 14.2. The van der Waals surface area contributed by atoms with Gasteiger partial charge in [-0.25, -0.2) is 8.42 Å². The summed E-state index contributed by atoms with van der Waals surface area (Å²) in [5.41, 5.74) is 1.12. The number of nitrogens with one attached hydrogen (secondary N) is 2. The van der Waals surface area contributed by atoms with Crippen molar-refractivity contribution in [2.75, 3.05) is 25.1 Å². The zero-order chi connectivity index (χ0) is 17.1. The molecule has 1 aliphatic rings. The number of aliphatic imine (C=N–C) groups is 1. The van der Waals surface area contributed by atoms with E-state index in [9.17, 15) is 8.42 Å². The number of sulfone groups is 1. The molecule has 5 nitrogen and oxygen atoms in total. The topological polar surface area (TPSA) is 70.6 Å². The minimum Gasteiger partial charge on any atom is -0.356 e. The Balaban J connectivity index is 0.00000288. The lowest BCUT2D eigenvalue weighted by atomic mass is 9.84. The fraction of sp³-hybridized carbons (Fsp3) is 0.562. The van der Waals surface area contributed by atoms with Gasteiger partial charge >= 0.3 is 0 Å². The lowest BCUT2D eigenvalue weighted by molar-refractivity contribution is 0.503. The van der Waals surface area contributed by atoms with Gasteiger partial charge in [-0.3, -0.25) is 4.99 Å². The maximum atomic E-state index is 11.5. The Morgan fingerprint density at radius 2 is 2.04 bits per heavy atom. The molecule has 0 amide bonds. The molecule has 1 atom stereocenters. The van der Waals surface area contributed by atoms with Crippen molar-refractivity contribution >= 4 is 55.7 Å². The monoisotopic (exact) mass is 529 g/mol. The smallest absolute Gasteiger partial charge is 0.191 e. The molecule has 1 aliphatic heterocycles. The van der Waals surface area contributed by atoms with E-state index in [-0.39, 0.29) is 46.9 Å². The van der Waals surface area contributed by atoms with Crippen LogP contribution in [-0.2, 0) is 15.3 Å². The SMILES string of the molecule is CN=C(NCC(C)(C)c1ccccc1Br)NC1CCS(=O)(=O)C1.I. The van der Waals surface area contributed by atoms with Crippen molar-refractivity contribution < 1.29 is 8.42 Å². The molecule has 2 rings (SSSR count). The van der Waals surface area contributed by atoms with Crippen LogP contribution >= 0.6 is 39.9 Å². The standard InChI is InChI=1S/C16H24BrN3O2S.HI/c1-16(2,13-6-4-5-7-14(13)17)11-19-15(18-3)20-12-8-9-23(21,22)10-12;/h4-7,12H,8-11H2,1-3H3,(H2,18,19,20);1H. The van der Waals surface area contributed by atoms with Crippen LogP contribution < -0.4 is 10.6 Å². The van der Waals surface area contributed by atoms with E-state index in [1.54, 1.807) is 7.05 Å². The van der Waals surface area contributed by atoms with Crippen LogP contribution in [0.5, 0.6) is 0 Å². The minimum absolute atomic E-state index is 0. The lowest BCUT2D eigenvalue weighted by Crippen LogP contribution is -2.47. The van der Waals surface area contributed by atoms with Crippen molar-refractivity contribution in [1.82, 2.24) is 10.6 Å².